The Hall–Kier alpha value is -1.81. The van der Waals surface area contributed by atoms with Crippen LogP contribution in [0, 0.1) is 0 Å². The van der Waals surface area contributed by atoms with Crippen molar-refractivity contribution in [2.75, 3.05) is 13.7 Å². The van der Waals surface area contributed by atoms with E-state index in [-0.39, 0.29) is 6.61 Å². The van der Waals surface area contributed by atoms with Crippen LogP contribution >= 0.6 is 0 Å². The van der Waals surface area contributed by atoms with Crippen LogP contribution in [0.5, 0.6) is 5.75 Å². The molecule has 1 aromatic heterocycles. The van der Waals surface area contributed by atoms with Crippen LogP contribution in [0.3, 0.4) is 0 Å². The summed E-state index contributed by atoms with van der Waals surface area (Å²) in [4.78, 5) is 0. The van der Waals surface area contributed by atoms with Crippen LogP contribution in [0.15, 0.2) is 34.9 Å². The van der Waals surface area contributed by atoms with Gasteiger partial charge in [-0.05, 0) is 30.7 Å². The summed E-state index contributed by atoms with van der Waals surface area (Å²) in [5, 5.41) is 12.7. The molecule has 2 rings (SSSR count). The first kappa shape index (κ1) is 11.7. The third-order valence-corrected chi connectivity index (χ3v) is 2.53. The molecule has 0 aliphatic rings. The largest absolute Gasteiger partial charge is 0.497 e. The van der Waals surface area contributed by atoms with E-state index in [0.29, 0.717) is 12.8 Å². The maximum absolute atomic E-state index is 8.73. The summed E-state index contributed by atoms with van der Waals surface area (Å²) in [6.45, 7) is 0.165. The Kier molecular flexibility index (Phi) is 3.77. The molecule has 1 heterocycles. The SMILES string of the molecule is COc1ccc(-c2cc(CCCO)on2)cc1. The van der Waals surface area contributed by atoms with Crippen molar-refractivity contribution in [3.05, 3.63) is 36.1 Å². The molecule has 0 bridgehead atoms. The van der Waals surface area contributed by atoms with E-state index in [2.05, 4.69) is 5.16 Å². The van der Waals surface area contributed by atoms with E-state index in [0.717, 1.165) is 22.8 Å². The molecule has 0 unspecified atom stereocenters. The van der Waals surface area contributed by atoms with Gasteiger partial charge in [0.25, 0.3) is 0 Å². The average molecular weight is 233 g/mol. The summed E-state index contributed by atoms with van der Waals surface area (Å²) in [6.07, 6.45) is 1.40. The first-order chi connectivity index (χ1) is 8.33. The smallest absolute Gasteiger partial charge is 0.137 e. The number of nitrogens with zero attached hydrogens (tertiary/aromatic N) is 1. The van der Waals surface area contributed by atoms with Gasteiger partial charge in [-0.1, -0.05) is 5.16 Å². The van der Waals surface area contributed by atoms with Crippen molar-refractivity contribution in [3.63, 3.8) is 0 Å². The van der Waals surface area contributed by atoms with E-state index in [1.165, 1.54) is 0 Å². The molecular weight excluding hydrogens is 218 g/mol. The zero-order valence-electron chi connectivity index (χ0n) is 9.72. The van der Waals surface area contributed by atoms with Gasteiger partial charge in [-0.3, -0.25) is 0 Å². The second-order valence-corrected chi connectivity index (χ2v) is 3.73. The standard InChI is InChI=1S/C13H15NO3/c1-16-11-6-4-10(5-7-11)13-9-12(17-14-13)3-2-8-15/h4-7,9,15H,2-3,8H2,1H3. The maximum atomic E-state index is 8.73. The highest BCUT2D eigenvalue weighted by Gasteiger charge is 2.06. The highest BCUT2D eigenvalue weighted by molar-refractivity contribution is 5.59. The number of hydrogen-bond acceptors (Lipinski definition) is 4. The van der Waals surface area contributed by atoms with Gasteiger partial charge in [0.05, 0.1) is 7.11 Å². The van der Waals surface area contributed by atoms with Gasteiger partial charge in [0.15, 0.2) is 0 Å². The van der Waals surface area contributed by atoms with Gasteiger partial charge >= 0.3 is 0 Å². The summed E-state index contributed by atoms with van der Waals surface area (Å²) in [5.41, 5.74) is 1.80. The third kappa shape index (κ3) is 2.85. The number of aliphatic hydroxyl groups is 1. The Morgan fingerprint density at radius 2 is 2.06 bits per heavy atom. The predicted octanol–water partition coefficient (Wildman–Crippen LogP) is 2.28. The molecule has 0 aliphatic heterocycles. The topological polar surface area (TPSA) is 55.5 Å². The average Bonchev–Trinajstić information content (AvgIpc) is 2.85. The van der Waals surface area contributed by atoms with Crippen molar-refractivity contribution in [3.8, 4) is 17.0 Å². The fourth-order valence-corrected chi connectivity index (χ4v) is 1.58. The second-order valence-electron chi connectivity index (χ2n) is 3.73. The molecule has 0 saturated carbocycles. The van der Waals surface area contributed by atoms with E-state index in [1.807, 2.05) is 30.3 Å². The van der Waals surface area contributed by atoms with E-state index in [4.69, 9.17) is 14.4 Å². The van der Waals surface area contributed by atoms with Crippen molar-refractivity contribution in [1.82, 2.24) is 5.16 Å². The van der Waals surface area contributed by atoms with Crippen LogP contribution in [0.2, 0.25) is 0 Å². The molecule has 1 aromatic carbocycles. The number of aromatic nitrogens is 1. The lowest BCUT2D eigenvalue weighted by Gasteiger charge is -1.99. The number of benzene rings is 1. The normalized spacial score (nSPS) is 10.5. The molecule has 4 nitrogen and oxygen atoms in total. The van der Waals surface area contributed by atoms with Crippen LogP contribution in [0.4, 0.5) is 0 Å². The summed E-state index contributed by atoms with van der Waals surface area (Å²) < 4.78 is 10.3. The number of ether oxygens (including phenoxy) is 1. The van der Waals surface area contributed by atoms with Crippen molar-refractivity contribution in [1.29, 1.82) is 0 Å². The highest BCUT2D eigenvalue weighted by Crippen LogP contribution is 2.22. The molecule has 4 heteroatoms. The molecule has 90 valence electrons. The van der Waals surface area contributed by atoms with E-state index >= 15 is 0 Å². The molecule has 0 saturated heterocycles. The minimum atomic E-state index is 0.165. The molecule has 0 aliphatic carbocycles. The molecule has 17 heavy (non-hydrogen) atoms. The summed E-state index contributed by atoms with van der Waals surface area (Å²) in [5.74, 6) is 1.61. The number of methoxy groups -OCH3 is 1. The molecule has 0 atom stereocenters. The monoisotopic (exact) mass is 233 g/mol. The Bertz CT molecular complexity index is 462. The lowest BCUT2D eigenvalue weighted by Crippen LogP contribution is -1.86. The van der Waals surface area contributed by atoms with E-state index in [9.17, 15) is 0 Å². The Balaban J connectivity index is 2.12. The first-order valence-electron chi connectivity index (χ1n) is 5.54. The lowest BCUT2D eigenvalue weighted by molar-refractivity contribution is 0.280. The maximum Gasteiger partial charge on any atom is 0.137 e. The molecule has 0 amide bonds. The second kappa shape index (κ2) is 5.50. The molecular formula is C13H15NO3. The Morgan fingerprint density at radius 3 is 2.71 bits per heavy atom. The quantitative estimate of drug-likeness (QED) is 0.860. The minimum absolute atomic E-state index is 0.165. The van der Waals surface area contributed by atoms with E-state index in [1.54, 1.807) is 7.11 Å². The van der Waals surface area contributed by atoms with Crippen LogP contribution in [-0.2, 0) is 6.42 Å². The number of rotatable bonds is 5. The molecule has 2 aromatic rings. The van der Waals surface area contributed by atoms with Crippen LogP contribution in [0.1, 0.15) is 12.2 Å². The minimum Gasteiger partial charge on any atom is -0.497 e. The fraction of sp³-hybridized carbons (Fsp3) is 0.308. The third-order valence-electron chi connectivity index (χ3n) is 2.53. The van der Waals surface area contributed by atoms with Crippen LogP contribution in [0.25, 0.3) is 11.3 Å². The summed E-state index contributed by atoms with van der Waals surface area (Å²) in [7, 11) is 1.64. The number of aryl methyl sites for hydroxylation is 1. The highest BCUT2D eigenvalue weighted by atomic mass is 16.5. The van der Waals surface area contributed by atoms with Gasteiger partial charge in [0.1, 0.15) is 17.2 Å². The lowest BCUT2D eigenvalue weighted by atomic mass is 10.1. The molecule has 0 fully saturated rings. The number of hydrogen-bond donors (Lipinski definition) is 1. The van der Waals surface area contributed by atoms with E-state index < -0.39 is 0 Å². The Morgan fingerprint density at radius 1 is 1.29 bits per heavy atom. The van der Waals surface area contributed by atoms with Gasteiger partial charge in [-0.25, -0.2) is 0 Å². The van der Waals surface area contributed by atoms with Crippen LogP contribution in [-0.4, -0.2) is 24.0 Å². The predicted molar refractivity (Wildman–Crippen MR) is 63.9 cm³/mol. The first-order valence-corrected chi connectivity index (χ1v) is 5.54. The van der Waals surface area contributed by atoms with Crippen molar-refractivity contribution < 1.29 is 14.4 Å². The van der Waals surface area contributed by atoms with Gasteiger partial charge < -0.3 is 14.4 Å². The molecule has 0 spiro atoms. The molecule has 1 N–H and O–H groups in total. The van der Waals surface area contributed by atoms with Gasteiger partial charge in [0.2, 0.25) is 0 Å². The van der Waals surface area contributed by atoms with Crippen molar-refractivity contribution in [2.45, 2.75) is 12.8 Å². The van der Waals surface area contributed by atoms with Crippen molar-refractivity contribution in [2.24, 2.45) is 0 Å². The van der Waals surface area contributed by atoms with Crippen LogP contribution < -0.4 is 4.74 Å². The van der Waals surface area contributed by atoms with Gasteiger partial charge in [0, 0.05) is 24.7 Å². The van der Waals surface area contributed by atoms with Crippen molar-refractivity contribution >= 4 is 0 Å². The zero-order chi connectivity index (χ0) is 12.1. The van der Waals surface area contributed by atoms with Gasteiger partial charge in [-0.2, -0.15) is 0 Å². The number of aliphatic hydroxyl groups excluding tert-OH is 1. The van der Waals surface area contributed by atoms with Gasteiger partial charge in [-0.15, -0.1) is 0 Å². The zero-order valence-corrected chi connectivity index (χ0v) is 9.72. The Labute approximate surface area is 99.8 Å². The fourth-order valence-electron chi connectivity index (χ4n) is 1.58. The summed E-state index contributed by atoms with van der Waals surface area (Å²) in [6, 6.07) is 9.55. The summed E-state index contributed by atoms with van der Waals surface area (Å²) >= 11 is 0. The molecule has 0 radical (unpaired) electrons.